The predicted molar refractivity (Wildman–Crippen MR) is 219 cm³/mol. The zero-order valence-corrected chi connectivity index (χ0v) is 34.6. The Labute approximate surface area is 350 Å². The molecule has 15 heteroatoms. The van der Waals surface area contributed by atoms with Crippen LogP contribution in [0.1, 0.15) is 109 Å². The second-order valence-electron chi connectivity index (χ2n) is 15.0. The maximum Gasteiger partial charge on any atom is 0.306 e. The Morgan fingerprint density at radius 3 is 1.61 bits per heavy atom. The third-order valence-corrected chi connectivity index (χ3v) is 10.00. The molecule has 0 unspecified atom stereocenters. The van der Waals surface area contributed by atoms with Crippen LogP contribution in [0, 0.1) is 0 Å². The van der Waals surface area contributed by atoms with E-state index in [1.807, 2.05) is 12.2 Å². The molecule has 0 saturated carbocycles. The number of carbonyl (C=O) groups is 2. The maximum atomic E-state index is 12.9. The van der Waals surface area contributed by atoms with E-state index in [-0.39, 0.29) is 19.4 Å². The van der Waals surface area contributed by atoms with Gasteiger partial charge in [-0.2, -0.15) is 0 Å². The van der Waals surface area contributed by atoms with Crippen molar-refractivity contribution in [1.82, 2.24) is 0 Å². The first-order valence-electron chi connectivity index (χ1n) is 21.3. The number of hydrogen-bond acceptors (Lipinski definition) is 15. The summed E-state index contributed by atoms with van der Waals surface area (Å²) in [5.41, 5.74) is 0. The molecule has 0 bridgehead atoms. The molecule has 0 amide bonds. The SMILES string of the molecule is C=CC/C=C\C/C=C/CCCCCCCC(=O)O[C@H](COC(=O)CCCCCCC/C=C/CC=C)CO[C@@H]1O[C@H](CO[C@H]2O[C@H](CO)[C@H](O)[C@H](O)[C@H]2O)[C@H](O)[C@H](O)[C@H]1O. The molecule has 2 heterocycles. The van der Waals surface area contributed by atoms with Gasteiger partial charge in [-0.3, -0.25) is 9.59 Å². The number of rotatable bonds is 32. The monoisotopic (exact) mass is 840 g/mol. The van der Waals surface area contributed by atoms with E-state index in [0.29, 0.717) is 12.8 Å². The minimum atomic E-state index is -1.77. The zero-order valence-electron chi connectivity index (χ0n) is 34.6. The fraction of sp³-hybridized carbons (Fsp3) is 0.727. The Balaban J connectivity index is 1.89. The summed E-state index contributed by atoms with van der Waals surface area (Å²) in [7, 11) is 0. The third-order valence-electron chi connectivity index (χ3n) is 10.00. The first-order valence-corrected chi connectivity index (χ1v) is 21.3. The van der Waals surface area contributed by atoms with Crippen molar-refractivity contribution in [2.75, 3.05) is 26.4 Å². The van der Waals surface area contributed by atoms with E-state index in [0.717, 1.165) is 83.5 Å². The number of aliphatic hydroxyl groups is 7. The van der Waals surface area contributed by atoms with Crippen molar-refractivity contribution < 1.29 is 73.8 Å². The molecule has 338 valence electrons. The van der Waals surface area contributed by atoms with Gasteiger partial charge in [0.25, 0.3) is 0 Å². The van der Waals surface area contributed by atoms with Crippen LogP contribution in [0.15, 0.2) is 61.8 Å². The van der Waals surface area contributed by atoms with Gasteiger partial charge in [-0.15, -0.1) is 13.2 Å². The molecule has 0 aromatic heterocycles. The highest BCUT2D eigenvalue weighted by Crippen LogP contribution is 2.26. The molecular formula is C44H72O15. The highest BCUT2D eigenvalue weighted by atomic mass is 16.7. The largest absolute Gasteiger partial charge is 0.462 e. The Bertz CT molecular complexity index is 1240. The molecule has 15 nitrogen and oxygen atoms in total. The van der Waals surface area contributed by atoms with Gasteiger partial charge in [-0.25, -0.2) is 0 Å². The fourth-order valence-electron chi connectivity index (χ4n) is 6.42. The lowest BCUT2D eigenvalue weighted by atomic mass is 9.98. The summed E-state index contributed by atoms with van der Waals surface area (Å²) in [5, 5.41) is 71.7. The molecule has 2 saturated heterocycles. The van der Waals surface area contributed by atoms with Crippen LogP contribution in [-0.2, 0) is 38.0 Å². The van der Waals surface area contributed by atoms with Crippen LogP contribution in [0.4, 0.5) is 0 Å². The summed E-state index contributed by atoms with van der Waals surface area (Å²) in [6, 6.07) is 0. The number of aliphatic hydroxyl groups excluding tert-OH is 7. The van der Waals surface area contributed by atoms with Gasteiger partial charge < -0.3 is 64.2 Å². The van der Waals surface area contributed by atoms with Crippen LogP contribution in [-0.4, -0.2) is 142 Å². The molecule has 0 spiro atoms. The summed E-state index contributed by atoms with van der Waals surface area (Å²) in [6.45, 7) is 5.44. The molecule has 2 aliphatic rings. The second-order valence-corrected chi connectivity index (χ2v) is 15.0. The molecule has 0 radical (unpaired) electrons. The number of carbonyl (C=O) groups excluding carboxylic acids is 2. The van der Waals surface area contributed by atoms with Crippen LogP contribution >= 0.6 is 0 Å². The van der Waals surface area contributed by atoms with Crippen LogP contribution in [0.5, 0.6) is 0 Å². The maximum absolute atomic E-state index is 12.9. The summed E-state index contributed by atoms with van der Waals surface area (Å²) in [6.07, 6.45) is 13.5. The number of hydrogen-bond donors (Lipinski definition) is 7. The van der Waals surface area contributed by atoms with Crippen LogP contribution < -0.4 is 0 Å². The summed E-state index contributed by atoms with van der Waals surface area (Å²) in [5.74, 6) is -0.983. The molecule has 0 aliphatic carbocycles. The van der Waals surface area contributed by atoms with Gasteiger partial charge >= 0.3 is 11.9 Å². The first-order chi connectivity index (χ1) is 28.5. The fourth-order valence-corrected chi connectivity index (χ4v) is 6.42. The minimum Gasteiger partial charge on any atom is -0.462 e. The lowest BCUT2D eigenvalue weighted by Crippen LogP contribution is -2.61. The van der Waals surface area contributed by atoms with Gasteiger partial charge in [0, 0.05) is 12.8 Å². The van der Waals surface area contributed by atoms with E-state index in [2.05, 4.69) is 49.6 Å². The van der Waals surface area contributed by atoms with E-state index in [1.165, 1.54) is 0 Å². The summed E-state index contributed by atoms with van der Waals surface area (Å²) in [4.78, 5) is 25.5. The third kappa shape index (κ3) is 21.5. The summed E-state index contributed by atoms with van der Waals surface area (Å²) < 4.78 is 33.3. The Morgan fingerprint density at radius 2 is 1.02 bits per heavy atom. The molecule has 0 aromatic carbocycles. The standard InChI is InChI=1S/C44H72O15/c1-3-5-7-9-11-13-15-16-17-19-21-23-25-27-36(47)57-32(29-54-35(46)26-24-22-20-18-14-12-10-8-6-4-2)30-55-43-42(53)40(51)38(49)34(59-43)31-56-44-41(52)39(50)37(48)33(28-45)58-44/h3-4,7-10,13,15,32-34,37-45,48-53H,1-2,5-6,11-12,14,16-31H2/b9-7-,10-8+,15-13+/t32-,33-,34-,37+,38+,39+,40+,41-,42-,43-,44+/m1/s1. The number of esters is 2. The highest BCUT2D eigenvalue weighted by molar-refractivity contribution is 5.70. The van der Waals surface area contributed by atoms with Crippen molar-refractivity contribution in [3.8, 4) is 0 Å². The van der Waals surface area contributed by atoms with Gasteiger partial charge in [0.2, 0.25) is 0 Å². The smallest absolute Gasteiger partial charge is 0.306 e. The molecule has 11 atom stereocenters. The topological polar surface area (TPSA) is 231 Å². The average Bonchev–Trinajstić information content (AvgIpc) is 3.23. The van der Waals surface area contributed by atoms with Crippen molar-refractivity contribution >= 4 is 11.9 Å². The minimum absolute atomic E-state index is 0.135. The molecule has 2 rings (SSSR count). The van der Waals surface area contributed by atoms with Crippen molar-refractivity contribution in [3.63, 3.8) is 0 Å². The number of unbranched alkanes of at least 4 members (excludes halogenated alkanes) is 10. The van der Waals surface area contributed by atoms with Crippen molar-refractivity contribution in [3.05, 3.63) is 61.8 Å². The molecule has 7 N–H and O–H groups in total. The molecule has 59 heavy (non-hydrogen) atoms. The zero-order chi connectivity index (χ0) is 43.3. The summed E-state index contributed by atoms with van der Waals surface area (Å²) >= 11 is 0. The van der Waals surface area contributed by atoms with Crippen LogP contribution in [0.2, 0.25) is 0 Å². The molecule has 0 aromatic rings. The Hall–Kier alpha value is -2.80. The van der Waals surface area contributed by atoms with Crippen molar-refractivity contribution in [2.45, 2.75) is 177 Å². The molecule has 2 fully saturated rings. The Morgan fingerprint density at radius 1 is 0.542 bits per heavy atom. The van der Waals surface area contributed by atoms with Crippen molar-refractivity contribution in [1.29, 1.82) is 0 Å². The van der Waals surface area contributed by atoms with Gasteiger partial charge in [0.05, 0.1) is 19.8 Å². The molecule has 2 aliphatic heterocycles. The van der Waals surface area contributed by atoms with Crippen molar-refractivity contribution in [2.24, 2.45) is 0 Å². The van der Waals surface area contributed by atoms with Gasteiger partial charge in [-0.05, 0) is 57.8 Å². The highest BCUT2D eigenvalue weighted by Gasteiger charge is 2.47. The van der Waals surface area contributed by atoms with Gasteiger partial charge in [0.1, 0.15) is 55.4 Å². The normalized spacial score (nSPS) is 28.0. The van der Waals surface area contributed by atoms with E-state index in [9.17, 15) is 45.3 Å². The number of ether oxygens (including phenoxy) is 6. The van der Waals surface area contributed by atoms with E-state index in [1.54, 1.807) is 0 Å². The Kier molecular flexibility index (Phi) is 28.4. The second kappa shape index (κ2) is 32.0. The molecular weight excluding hydrogens is 768 g/mol. The van der Waals surface area contributed by atoms with E-state index < -0.39 is 99.3 Å². The van der Waals surface area contributed by atoms with Gasteiger partial charge in [-0.1, -0.05) is 87.1 Å². The predicted octanol–water partition coefficient (Wildman–Crippen LogP) is 3.75. The van der Waals surface area contributed by atoms with Crippen LogP contribution in [0.25, 0.3) is 0 Å². The number of allylic oxidation sites excluding steroid dienone is 8. The lowest BCUT2D eigenvalue weighted by molar-refractivity contribution is -0.332. The van der Waals surface area contributed by atoms with Gasteiger partial charge in [0.15, 0.2) is 18.7 Å². The van der Waals surface area contributed by atoms with E-state index in [4.69, 9.17) is 28.4 Å². The quantitative estimate of drug-likeness (QED) is 0.0291. The van der Waals surface area contributed by atoms with Crippen LogP contribution in [0.3, 0.4) is 0 Å². The lowest BCUT2D eigenvalue weighted by Gasteiger charge is -2.42. The average molecular weight is 841 g/mol. The first kappa shape index (κ1) is 52.3. The van der Waals surface area contributed by atoms with E-state index >= 15 is 0 Å².